The van der Waals surface area contributed by atoms with E-state index in [1.54, 1.807) is 36.7 Å². The molecule has 0 radical (unpaired) electrons. The Labute approximate surface area is 147 Å². The van der Waals surface area contributed by atoms with Crippen LogP contribution >= 0.6 is 11.6 Å². The van der Waals surface area contributed by atoms with Crippen LogP contribution in [-0.4, -0.2) is 37.9 Å². The van der Waals surface area contributed by atoms with Crippen LogP contribution in [0.1, 0.15) is 17.0 Å². The number of hydrogen-bond acceptors (Lipinski definition) is 4. The number of carbonyl (C=O) groups excluding carboxylic acids is 1. The van der Waals surface area contributed by atoms with Crippen LogP contribution in [0.3, 0.4) is 0 Å². The van der Waals surface area contributed by atoms with E-state index in [2.05, 4.69) is 10.3 Å². The first-order valence-corrected chi connectivity index (χ1v) is 9.89. The summed E-state index contributed by atoms with van der Waals surface area (Å²) in [5.74, 6) is -0.741. The summed E-state index contributed by atoms with van der Waals surface area (Å²) in [7, 11) is -3.12. The Balaban J connectivity index is 2.15. The van der Waals surface area contributed by atoms with Crippen molar-refractivity contribution in [3.63, 3.8) is 0 Å². The van der Waals surface area contributed by atoms with Crippen molar-refractivity contribution in [3.8, 4) is 0 Å². The fourth-order valence-corrected chi connectivity index (χ4v) is 2.89. The van der Waals surface area contributed by atoms with E-state index in [9.17, 15) is 13.2 Å². The molecule has 128 valence electrons. The summed E-state index contributed by atoms with van der Waals surface area (Å²) in [5.41, 5.74) is 1.75. The highest BCUT2D eigenvalue weighted by Crippen LogP contribution is 2.23. The lowest BCUT2D eigenvalue weighted by Crippen LogP contribution is -2.34. The molecular weight excluding hydrogens is 348 g/mol. The van der Waals surface area contributed by atoms with Crippen molar-refractivity contribution in [3.05, 3.63) is 64.9 Å². The summed E-state index contributed by atoms with van der Waals surface area (Å²) in [5, 5.41) is 3.30. The molecule has 2 aromatic rings. The van der Waals surface area contributed by atoms with E-state index in [0.29, 0.717) is 11.4 Å². The van der Waals surface area contributed by atoms with Crippen LogP contribution in [0.4, 0.5) is 0 Å². The number of hydrogen-bond donors (Lipinski definition) is 1. The van der Waals surface area contributed by atoms with Gasteiger partial charge in [0.25, 0.3) is 0 Å². The number of halogens is 1. The smallest absolute Gasteiger partial charge is 0.227 e. The maximum absolute atomic E-state index is 12.6. The van der Waals surface area contributed by atoms with Crippen LogP contribution in [0.2, 0.25) is 5.02 Å². The number of amides is 1. The zero-order valence-corrected chi connectivity index (χ0v) is 14.8. The topological polar surface area (TPSA) is 76.1 Å². The molecule has 0 aliphatic rings. The number of nitrogens with zero attached hydrogens (tertiary/aromatic N) is 1. The standard InChI is InChI=1S/C17H19ClN2O3S/c1-24(22,23)10-9-20-17(21)16(11-13-3-2-8-19-12-13)14-4-6-15(18)7-5-14/h2-8,12,16H,9-11H2,1H3,(H,20,21). The van der Waals surface area contributed by atoms with Gasteiger partial charge in [-0.1, -0.05) is 29.8 Å². The Kier molecular flexibility index (Phi) is 6.34. The van der Waals surface area contributed by atoms with Gasteiger partial charge in [0.1, 0.15) is 9.84 Å². The zero-order valence-electron chi connectivity index (χ0n) is 13.3. The van der Waals surface area contributed by atoms with Gasteiger partial charge in [-0.2, -0.15) is 0 Å². The highest BCUT2D eigenvalue weighted by molar-refractivity contribution is 7.90. The minimum Gasteiger partial charge on any atom is -0.355 e. The predicted octanol–water partition coefficient (Wildman–Crippen LogP) is 2.22. The van der Waals surface area contributed by atoms with Crippen molar-refractivity contribution in [2.75, 3.05) is 18.6 Å². The molecule has 1 atom stereocenters. The van der Waals surface area contributed by atoms with Gasteiger partial charge in [-0.3, -0.25) is 9.78 Å². The predicted molar refractivity (Wildman–Crippen MR) is 94.9 cm³/mol. The van der Waals surface area contributed by atoms with Crippen molar-refractivity contribution in [1.29, 1.82) is 0 Å². The molecule has 2 rings (SSSR count). The Morgan fingerprint density at radius 3 is 2.54 bits per heavy atom. The van der Waals surface area contributed by atoms with E-state index in [0.717, 1.165) is 17.4 Å². The second-order valence-electron chi connectivity index (χ2n) is 5.59. The molecule has 0 saturated heterocycles. The third-order valence-corrected chi connectivity index (χ3v) is 4.72. The number of sulfone groups is 1. The maximum Gasteiger partial charge on any atom is 0.227 e. The lowest BCUT2D eigenvalue weighted by Gasteiger charge is -2.17. The molecular formula is C17H19ClN2O3S. The Morgan fingerprint density at radius 1 is 1.25 bits per heavy atom. The quantitative estimate of drug-likeness (QED) is 0.815. The molecule has 0 spiro atoms. The lowest BCUT2D eigenvalue weighted by molar-refractivity contribution is -0.122. The number of pyridine rings is 1. The van der Waals surface area contributed by atoms with E-state index in [-0.39, 0.29) is 18.2 Å². The molecule has 1 amide bonds. The summed E-state index contributed by atoms with van der Waals surface area (Å²) in [6, 6.07) is 10.8. The molecule has 0 fully saturated rings. The second kappa shape index (κ2) is 8.26. The first-order valence-electron chi connectivity index (χ1n) is 7.45. The molecule has 1 unspecified atom stereocenters. The normalized spacial score (nSPS) is 12.6. The Bertz CT molecular complexity index is 777. The highest BCUT2D eigenvalue weighted by atomic mass is 35.5. The van der Waals surface area contributed by atoms with Gasteiger partial charge in [0.2, 0.25) is 5.91 Å². The van der Waals surface area contributed by atoms with Gasteiger partial charge in [-0.25, -0.2) is 8.42 Å². The number of carbonyl (C=O) groups is 1. The van der Waals surface area contributed by atoms with Gasteiger partial charge in [0.05, 0.1) is 11.7 Å². The van der Waals surface area contributed by atoms with Crippen molar-refractivity contribution in [2.24, 2.45) is 0 Å². The third-order valence-electron chi connectivity index (χ3n) is 3.52. The van der Waals surface area contributed by atoms with Gasteiger partial charge in [-0.05, 0) is 35.7 Å². The number of nitrogens with one attached hydrogen (secondary N) is 1. The first-order chi connectivity index (χ1) is 11.3. The summed E-state index contributed by atoms with van der Waals surface area (Å²) >= 11 is 5.91. The van der Waals surface area contributed by atoms with E-state index >= 15 is 0 Å². The molecule has 1 heterocycles. The third kappa shape index (κ3) is 5.94. The lowest BCUT2D eigenvalue weighted by atomic mass is 9.92. The minimum atomic E-state index is -3.12. The molecule has 0 saturated carbocycles. The molecule has 1 N–H and O–H groups in total. The van der Waals surface area contributed by atoms with Gasteiger partial charge in [0.15, 0.2) is 0 Å². The number of rotatable bonds is 7. The van der Waals surface area contributed by atoms with Gasteiger partial charge in [0, 0.05) is 30.2 Å². The van der Waals surface area contributed by atoms with Gasteiger partial charge in [-0.15, -0.1) is 0 Å². The molecule has 0 bridgehead atoms. The van der Waals surface area contributed by atoms with Crippen molar-refractivity contribution in [1.82, 2.24) is 10.3 Å². The summed E-state index contributed by atoms with van der Waals surface area (Å²) < 4.78 is 22.4. The highest BCUT2D eigenvalue weighted by Gasteiger charge is 2.21. The molecule has 7 heteroatoms. The summed E-state index contributed by atoms with van der Waals surface area (Å²) in [6.07, 6.45) is 5.01. The maximum atomic E-state index is 12.6. The zero-order chi connectivity index (χ0) is 17.6. The SMILES string of the molecule is CS(=O)(=O)CCNC(=O)C(Cc1cccnc1)c1ccc(Cl)cc1. The van der Waals surface area contributed by atoms with Crippen LogP contribution < -0.4 is 5.32 Å². The first kappa shape index (κ1) is 18.4. The average Bonchev–Trinajstić information content (AvgIpc) is 2.53. The van der Waals surface area contributed by atoms with Crippen LogP contribution in [-0.2, 0) is 21.1 Å². The second-order valence-corrected chi connectivity index (χ2v) is 8.29. The van der Waals surface area contributed by atoms with E-state index < -0.39 is 15.8 Å². The van der Waals surface area contributed by atoms with Crippen molar-refractivity contribution < 1.29 is 13.2 Å². The van der Waals surface area contributed by atoms with E-state index in [4.69, 9.17) is 11.6 Å². The Morgan fingerprint density at radius 2 is 1.96 bits per heavy atom. The minimum absolute atomic E-state index is 0.0844. The van der Waals surface area contributed by atoms with E-state index in [1.165, 1.54) is 0 Å². The van der Waals surface area contributed by atoms with Crippen LogP contribution in [0.5, 0.6) is 0 Å². The van der Waals surface area contributed by atoms with Crippen molar-refractivity contribution in [2.45, 2.75) is 12.3 Å². The van der Waals surface area contributed by atoms with Gasteiger partial charge < -0.3 is 5.32 Å². The molecule has 0 aliphatic heterocycles. The number of benzene rings is 1. The van der Waals surface area contributed by atoms with Crippen LogP contribution in [0, 0.1) is 0 Å². The van der Waals surface area contributed by atoms with Gasteiger partial charge >= 0.3 is 0 Å². The number of aromatic nitrogens is 1. The largest absolute Gasteiger partial charge is 0.355 e. The molecule has 1 aromatic carbocycles. The van der Waals surface area contributed by atoms with Crippen LogP contribution in [0.15, 0.2) is 48.8 Å². The summed E-state index contributed by atoms with van der Waals surface area (Å²) in [4.78, 5) is 16.6. The average molecular weight is 367 g/mol. The summed E-state index contributed by atoms with van der Waals surface area (Å²) in [6.45, 7) is 0.0921. The van der Waals surface area contributed by atoms with Crippen LogP contribution in [0.25, 0.3) is 0 Å². The van der Waals surface area contributed by atoms with Crippen molar-refractivity contribution >= 4 is 27.3 Å². The fourth-order valence-electron chi connectivity index (χ4n) is 2.29. The molecule has 5 nitrogen and oxygen atoms in total. The fraction of sp³-hybridized carbons (Fsp3) is 0.294. The monoisotopic (exact) mass is 366 g/mol. The molecule has 0 aliphatic carbocycles. The van der Waals surface area contributed by atoms with E-state index in [1.807, 2.05) is 12.1 Å². The Hall–Kier alpha value is -1.92. The molecule has 1 aromatic heterocycles. The molecule has 24 heavy (non-hydrogen) atoms.